The van der Waals surface area contributed by atoms with Crippen molar-refractivity contribution >= 4 is 15.8 Å². The lowest BCUT2D eigenvalue weighted by molar-refractivity contribution is 0.0762. The summed E-state index contributed by atoms with van der Waals surface area (Å²) in [6.07, 6.45) is 0. The topological polar surface area (TPSA) is 130 Å². The Balaban J connectivity index is 1.52. The van der Waals surface area contributed by atoms with Crippen molar-refractivity contribution in [1.82, 2.24) is 30.2 Å². The van der Waals surface area contributed by atoms with Gasteiger partial charge in [0.1, 0.15) is 6.04 Å². The van der Waals surface area contributed by atoms with Crippen LogP contribution in [0.15, 0.2) is 78.9 Å². The van der Waals surface area contributed by atoms with Crippen LogP contribution in [0.5, 0.6) is 0 Å². The van der Waals surface area contributed by atoms with Crippen LogP contribution in [0.4, 0.5) is 0 Å². The molecule has 0 aliphatic rings. The second-order valence-corrected chi connectivity index (χ2v) is 11.1. The number of carbonyl (C=O) groups excluding carboxylic acids is 1. The summed E-state index contributed by atoms with van der Waals surface area (Å²) in [6, 6.07) is 23.2. The van der Waals surface area contributed by atoms with Crippen LogP contribution >= 0.6 is 0 Å². The number of carbonyl (C=O) groups is 1. The molecule has 0 saturated carbocycles. The van der Waals surface area contributed by atoms with Crippen molar-refractivity contribution in [1.29, 1.82) is 0 Å². The molecular weight excluding hydrogens is 528 g/mol. The molecule has 2 N–H and O–H groups in total. The summed E-state index contributed by atoms with van der Waals surface area (Å²) >= 11 is 0. The van der Waals surface area contributed by atoms with Gasteiger partial charge in [0.2, 0.25) is 10.0 Å². The molecule has 0 saturated heterocycles. The number of hydrogen-bond acceptors (Lipinski definition) is 8. The van der Waals surface area contributed by atoms with Crippen molar-refractivity contribution < 1.29 is 17.9 Å². The molecule has 1 unspecified atom stereocenters. The van der Waals surface area contributed by atoms with E-state index in [-0.39, 0.29) is 24.7 Å². The summed E-state index contributed by atoms with van der Waals surface area (Å²) < 4.78 is 34.3. The summed E-state index contributed by atoms with van der Waals surface area (Å²) in [5, 5.41) is 14.1. The van der Waals surface area contributed by atoms with Crippen molar-refractivity contribution in [2.24, 2.45) is 0 Å². The van der Waals surface area contributed by atoms with Crippen LogP contribution in [0.2, 0.25) is 0 Å². The number of benzene rings is 3. The van der Waals surface area contributed by atoms with Gasteiger partial charge < -0.3 is 9.64 Å². The van der Waals surface area contributed by atoms with Crippen molar-refractivity contribution in [3.05, 3.63) is 90.0 Å². The van der Waals surface area contributed by atoms with Gasteiger partial charge in [-0.05, 0) is 40.2 Å². The number of ether oxygens (including phenoxy) is 1. The van der Waals surface area contributed by atoms with E-state index in [4.69, 9.17) is 4.74 Å². The number of ketones is 1. The Morgan fingerprint density at radius 1 is 0.950 bits per heavy atom. The van der Waals surface area contributed by atoms with E-state index in [1.165, 1.54) is 0 Å². The molecule has 4 aromatic rings. The molecule has 3 aromatic carbocycles. The molecule has 0 bridgehead atoms. The first kappa shape index (κ1) is 29.2. The number of sulfonamides is 1. The van der Waals surface area contributed by atoms with Crippen molar-refractivity contribution in [3.63, 3.8) is 0 Å². The van der Waals surface area contributed by atoms with Crippen molar-refractivity contribution in [2.45, 2.75) is 26.5 Å². The first-order valence-electron chi connectivity index (χ1n) is 13.2. The standard InChI is InChI=1S/C29H34N6O4S/c1-3-35(4-2)18-19-40(37,38)32-27(21-39-20-22-10-6-5-7-11-22)28(36)24-16-14-23(15-17-24)25-12-8-9-13-26(25)29-30-33-34-31-29/h5-17,27,32H,3-4,18-21H2,1-2H3,(H,30,31,33,34). The van der Waals surface area contributed by atoms with Gasteiger partial charge in [-0.3, -0.25) is 4.79 Å². The normalized spacial score (nSPS) is 12.5. The van der Waals surface area contributed by atoms with E-state index in [0.717, 1.165) is 35.3 Å². The smallest absolute Gasteiger partial charge is 0.213 e. The number of rotatable bonds is 15. The molecule has 0 fully saturated rings. The summed E-state index contributed by atoms with van der Waals surface area (Å²) in [6.45, 7) is 6.01. The second kappa shape index (κ2) is 14.0. The van der Waals surface area contributed by atoms with Crippen molar-refractivity contribution in [3.8, 4) is 22.5 Å². The summed E-state index contributed by atoms with van der Waals surface area (Å²) in [5.74, 6) is 0.0628. The van der Waals surface area contributed by atoms with Crippen LogP contribution in [0, 0.1) is 0 Å². The van der Waals surface area contributed by atoms with Crippen LogP contribution in [-0.4, -0.2) is 77.8 Å². The Labute approximate surface area is 234 Å². The third-order valence-corrected chi connectivity index (χ3v) is 7.98. The van der Waals surface area contributed by atoms with Crippen LogP contribution < -0.4 is 4.72 Å². The minimum Gasteiger partial charge on any atom is -0.375 e. The Morgan fingerprint density at radius 2 is 1.62 bits per heavy atom. The average molecular weight is 563 g/mol. The molecule has 0 radical (unpaired) electrons. The Bertz CT molecular complexity index is 1460. The minimum atomic E-state index is -3.74. The van der Waals surface area contributed by atoms with Gasteiger partial charge in [-0.25, -0.2) is 18.2 Å². The number of aromatic amines is 1. The largest absolute Gasteiger partial charge is 0.375 e. The highest BCUT2D eigenvalue weighted by molar-refractivity contribution is 7.89. The van der Waals surface area contributed by atoms with Crippen LogP contribution in [0.25, 0.3) is 22.5 Å². The van der Waals surface area contributed by atoms with Crippen LogP contribution in [0.1, 0.15) is 29.8 Å². The quantitative estimate of drug-likeness (QED) is 0.210. The number of aromatic nitrogens is 4. The number of Topliss-reactive ketones (excluding diaryl/α,β-unsaturated/α-hetero) is 1. The maximum absolute atomic E-state index is 13.6. The third kappa shape index (κ3) is 7.89. The van der Waals surface area contributed by atoms with E-state index >= 15 is 0 Å². The van der Waals surface area contributed by atoms with Gasteiger partial charge in [-0.15, -0.1) is 5.10 Å². The lowest BCUT2D eigenvalue weighted by atomic mass is 9.96. The fraction of sp³-hybridized carbons (Fsp3) is 0.310. The number of nitrogens with one attached hydrogen (secondary N) is 2. The third-order valence-electron chi connectivity index (χ3n) is 6.61. The Morgan fingerprint density at radius 3 is 2.27 bits per heavy atom. The fourth-order valence-electron chi connectivity index (χ4n) is 4.33. The molecular formula is C29H34N6O4S. The fourth-order valence-corrected chi connectivity index (χ4v) is 5.55. The second-order valence-electron chi connectivity index (χ2n) is 9.25. The number of H-pyrrole nitrogens is 1. The minimum absolute atomic E-state index is 0.0959. The monoisotopic (exact) mass is 562 g/mol. The predicted molar refractivity (Wildman–Crippen MR) is 154 cm³/mol. The average Bonchev–Trinajstić information content (AvgIpc) is 3.52. The first-order chi connectivity index (χ1) is 19.4. The van der Waals surface area contributed by atoms with Crippen LogP contribution in [0.3, 0.4) is 0 Å². The van der Waals surface area contributed by atoms with Gasteiger partial charge in [0.25, 0.3) is 0 Å². The van der Waals surface area contributed by atoms with E-state index in [2.05, 4.69) is 25.3 Å². The van der Waals surface area contributed by atoms with Gasteiger partial charge in [-0.1, -0.05) is 92.7 Å². The molecule has 4 rings (SSSR count). The van der Waals surface area contributed by atoms with E-state index in [9.17, 15) is 13.2 Å². The van der Waals surface area contributed by atoms with Gasteiger partial charge >= 0.3 is 0 Å². The predicted octanol–water partition coefficient (Wildman–Crippen LogP) is 3.56. The lowest BCUT2D eigenvalue weighted by Gasteiger charge is -2.21. The summed E-state index contributed by atoms with van der Waals surface area (Å²) in [7, 11) is -3.74. The molecule has 1 aromatic heterocycles. The number of tetrazole rings is 1. The summed E-state index contributed by atoms with van der Waals surface area (Å²) in [4.78, 5) is 15.6. The zero-order chi connectivity index (χ0) is 28.4. The SMILES string of the molecule is CCN(CC)CCS(=O)(=O)NC(COCc1ccccc1)C(=O)c1ccc(-c2ccccc2-c2nnn[nH]2)cc1. The molecule has 210 valence electrons. The Kier molecular flexibility index (Phi) is 10.3. The van der Waals surface area contributed by atoms with E-state index in [1.807, 2.05) is 85.5 Å². The highest BCUT2D eigenvalue weighted by Gasteiger charge is 2.26. The molecule has 1 heterocycles. The number of nitrogens with zero attached hydrogens (tertiary/aromatic N) is 4. The zero-order valence-corrected chi connectivity index (χ0v) is 23.5. The van der Waals surface area contributed by atoms with Gasteiger partial charge in [0.15, 0.2) is 11.6 Å². The van der Waals surface area contributed by atoms with E-state index < -0.39 is 16.1 Å². The zero-order valence-electron chi connectivity index (χ0n) is 22.7. The van der Waals surface area contributed by atoms with E-state index in [0.29, 0.717) is 17.9 Å². The maximum Gasteiger partial charge on any atom is 0.213 e. The van der Waals surface area contributed by atoms with Gasteiger partial charge in [0.05, 0.1) is 19.0 Å². The van der Waals surface area contributed by atoms with Gasteiger partial charge in [0, 0.05) is 17.7 Å². The molecule has 11 heteroatoms. The maximum atomic E-state index is 13.6. The molecule has 10 nitrogen and oxygen atoms in total. The highest BCUT2D eigenvalue weighted by Crippen LogP contribution is 2.29. The molecule has 0 aliphatic carbocycles. The molecule has 1 atom stereocenters. The summed E-state index contributed by atoms with van der Waals surface area (Å²) in [5.41, 5.74) is 3.88. The molecule has 40 heavy (non-hydrogen) atoms. The molecule has 0 aliphatic heterocycles. The Hall–Kier alpha value is -3.77. The lowest BCUT2D eigenvalue weighted by Crippen LogP contribution is -2.46. The molecule has 0 spiro atoms. The van der Waals surface area contributed by atoms with Crippen molar-refractivity contribution in [2.75, 3.05) is 32.0 Å². The van der Waals surface area contributed by atoms with E-state index in [1.54, 1.807) is 12.1 Å². The van der Waals surface area contributed by atoms with Crippen LogP contribution in [-0.2, 0) is 21.4 Å². The first-order valence-corrected chi connectivity index (χ1v) is 14.9. The number of hydrogen-bond donors (Lipinski definition) is 2. The molecule has 0 amide bonds. The van der Waals surface area contributed by atoms with Gasteiger partial charge in [-0.2, -0.15) is 0 Å². The highest BCUT2D eigenvalue weighted by atomic mass is 32.2.